The zero-order valence-electron chi connectivity index (χ0n) is 14.7. The fourth-order valence-electron chi connectivity index (χ4n) is 3.12. The van der Waals surface area contributed by atoms with Gasteiger partial charge in [-0.05, 0) is 44.7 Å². The van der Waals surface area contributed by atoms with Crippen LogP contribution < -0.4 is 10.6 Å². The molecule has 0 saturated heterocycles. The normalized spacial score (nSPS) is 21.0. The van der Waals surface area contributed by atoms with Gasteiger partial charge in [0.05, 0.1) is 11.8 Å². The summed E-state index contributed by atoms with van der Waals surface area (Å²) in [5, 5.41) is 16.4. The first-order valence-corrected chi connectivity index (χ1v) is 8.90. The van der Waals surface area contributed by atoms with Crippen LogP contribution in [0.2, 0.25) is 0 Å². The van der Waals surface area contributed by atoms with Crippen LogP contribution >= 0.6 is 24.0 Å². The third-order valence-corrected chi connectivity index (χ3v) is 4.43. The van der Waals surface area contributed by atoms with Gasteiger partial charge in [-0.25, -0.2) is 4.98 Å². The van der Waals surface area contributed by atoms with Crippen molar-refractivity contribution in [3.05, 3.63) is 36.3 Å². The predicted molar refractivity (Wildman–Crippen MR) is 112 cm³/mol. The Labute approximate surface area is 166 Å². The van der Waals surface area contributed by atoms with E-state index in [-0.39, 0.29) is 30.1 Å². The second-order valence-corrected chi connectivity index (χ2v) is 6.36. The average molecular weight is 457 g/mol. The first-order chi connectivity index (χ1) is 11.7. The molecule has 138 valence electrons. The molecule has 3 rings (SSSR count). The molecule has 0 bridgehead atoms. The van der Waals surface area contributed by atoms with Crippen molar-refractivity contribution in [2.75, 3.05) is 13.1 Å². The van der Waals surface area contributed by atoms with Gasteiger partial charge in [-0.2, -0.15) is 0 Å². The summed E-state index contributed by atoms with van der Waals surface area (Å²) in [5.74, 6) is 0.864. The average Bonchev–Trinajstić information content (AvgIpc) is 3.00. The van der Waals surface area contributed by atoms with Gasteiger partial charge in [0.2, 0.25) is 0 Å². The van der Waals surface area contributed by atoms with Crippen molar-refractivity contribution in [1.82, 2.24) is 20.0 Å². The Bertz CT molecular complexity index is 646. The zero-order valence-corrected chi connectivity index (χ0v) is 17.0. The number of nitrogens with one attached hydrogen (secondary N) is 2. The van der Waals surface area contributed by atoms with Crippen LogP contribution in [0.1, 0.15) is 38.3 Å². The molecule has 0 spiro atoms. The lowest BCUT2D eigenvalue weighted by molar-refractivity contribution is 0.120. The summed E-state index contributed by atoms with van der Waals surface area (Å²) >= 11 is 0. The van der Waals surface area contributed by atoms with Gasteiger partial charge in [-0.1, -0.05) is 6.07 Å². The highest BCUT2D eigenvalue weighted by Crippen LogP contribution is 2.18. The first kappa shape index (κ1) is 20.0. The van der Waals surface area contributed by atoms with E-state index >= 15 is 0 Å². The summed E-state index contributed by atoms with van der Waals surface area (Å²) in [6.07, 6.45) is 8.51. The minimum absolute atomic E-state index is 0. The number of hydrogen-bond acceptors (Lipinski definition) is 3. The second-order valence-electron chi connectivity index (χ2n) is 6.36. The van der Waals surface area contributed by atoms with Crippen molar-refractivity contribution in [3.8, 4) is 0 Å². The minimum Gasteiger partial charge on any atom is -0.393 e. The van der Waals surface area contributed by atoms with E-state index in [1.54, 1.807) is 0 Å². The van der Waals surface area contributed by atoms with E-state index in [9.17, 15) is 5.11 Å². The van der Waals surface area contributed by atoms with Crippen LogP contribution in [0.25, 0.3) is 5.65 Å². The highest BCUT2D eigenvalue weighted by atomic mass is 127. The molecule has 0 radical (unpaired) electrons. The molecule has 25 heavy (non-hydrogen) atoms. The van der Waals surface area contributed by atoms with E-state index in [4.69, 9.17) is 0 Å². The van der Waals surface area contributed by atoms with E-state index in [1.807, 2.05) is 28.8 Å². The number of pyridine rings is 1. The van der Waals surface area contributed by atoms with E-state index in [2.05, 4.69) is 33.7 Å². The molecule has 2 aromatic heterocycles. The molecule has 1 saturated carbocycles. The number of aliphatic hydroxyl groups is 1. The first-order valence-electron chi connectivity index (χ1n) is 8.90. The van der Waals surface area contributed by atoms with Gasteiger partial charge in [0.15, 0.2) is 5.96 Å². The van der Waals surface area contributed by atoms with E-state index in [0.29, 0.717) is 12.6 Å². The lowest BCUT2D eigenvalue weighted by atomic mass is 9.93. The Morgan fingerprint density at radius 1 is 1.32 bits per heavy atom. The summed E-state index contributed by atoms with van der Waals surface area (Å²) in [4.78, 5) is 9.28. The number of imidazole rings is 1. The Morgan fingerprint density at radius 2 is 2.12 bits per heavy atom. The van der Waals surface area contributed by atoms with Crippen molar-refractivity contribution < 1.29 is 5.11 Å². The molecule has 0 aliphatic heterocycles. The molecular formula is C18H28IN5O. The monoisotopic (exact) mass is 457 g/mol. The summed E-state index contributed by atoms with van der Waals surface area (Å²) in [5.41, 5.74) is 2.03. The van der Waals surface area contributed by atoms with Crippen LogP contribution in [0.3, 0.4) is 0 Å². The van der Waals surface area contributed by atoms with Gasteiger partial charge in [-0.15, -0.1) is 24.0 Å². The second kappa shape index (κ2) is 9.96. The Balaban J connectivity index is 0.00000225. The van der Waals surface area contributed by atoms with Crippen molar-refractivity contribution in [2.45, 2.75) is 51.2 Å². The lowest BCUT2D eigenvalue weighted by Gasteiger charge is -2.27. The third-order valence-electron chi connectivity index (χ3n) is 4.43. The largest absolute Gasteiger partial charge is 0.393 e. The van der Waals surface area contributed by atoms with Crippen LogP contribution in [-0.4, -0.2) is 45.7 Å². The maximum atomic E-state index is 9.61. The maximum absolute atomic E-state index is 9.61. The van der Waals surface area contributed by atoms with Crippen LogP contribution in [0.15, 0.2) is 35.6 Å². The molecule has 0 unspecified atom stereocenters. The predicted octanol–water partition coefficient (Wildman–Crippen LogP) is 2.35. The highest BCUT2D eigenvalue weighted by molar-refractivity contribution is 14.0. The smallest absolute Gasteiger partial charge is 0.191 e. The Hall–Kier alpha value is -1.35. The molecule has 7 heteroatoms. The van der Waals surface area contributed by atoms with E-state index in [0.717, 1.165) is 55.9 Å². The van der Waals surface area contributed by atoms with Gasteiger partial charge in [0, 0.05) is 37.9 Å². The quantitative estimate of drug-likeness (QED) is 0.366. The molecule has 0 atom stereocenters. The molecule has 1 aliphatic carbocycles. The maximum Gasteiger partial charge on any atom is 0.191 e. The lowest BCUT2D eigenvalue weighted by Crippen LogP contribution is -2.45. The topological polar surface area (TPSA) is 74.0 Å². The minimum atomic E-state index is -0.127. The van der Waals surface area contributed by atoms with Crippen LogP contribution in [-0.2, 0) is 6.42 Å². The molecule has 0 amide bonds. The van der Waals surface area contributed by atoms with Crippen LogP contribution in [0.4, 0.5) is 0 Å². The van der Waals surface area contributed by atoms with Gasteiger partial charge < -0.3 is 20.1 Å². The fourth-order valence-corrected chi connectivity index (χ4v) is 3.12. The number of nitrogens with zero attached hydrogens (tertiary/aromatic N) is 3. The summed E-state index contributed by atoms with van der Waals surface area (Å²) in [6.45, 7) is 3.62. The highest BCUT2D eigenvalue weighted by Gasteiger charge is 2.19. The number of aliphatic hydroxyl groups excluding tert-OH is 1. The number of aliphatic imine (C=N–C) groups is 1. The van der Waals surface area contributed by atoms with E-state index < -0.39 is 0 Å². The Morgan fingerprint density at radius 3 is 2.84 bits per heavy atom. The van der Waals surface area contributed by atoms with Crippen molar-refractivity contribution in [1.29, 1.82) is 0 Å². The van der Waals surface area contributed by atoms with Gasteiger partial charge in [-0.3, -0.25) is 4.99 Å². The van der Waals surface area contributed by atoms with E-state index in [1.165, 1.54) is 0 Å². The van der Waals surface area contributed by atoms with Gasteiger partial charge >= 0.3 is 0 Å². The van der Waals surface area contributed by atoms with Crippen molar-refractivity contribution >= 4 is 35.6 Å². The molecule has 1 fully saturated rings. The van der Waals surface area contributed by atoms with Crippen LogP contribution in [0.5, 0.6) is 0 Å². The summed E-state index contributed by atoms with van der Waals surface area (Å²) < 4.78 is 2.04. The number of halogens is 1. The zero-order chi connectivity index (χ0) is 16.8. The number of fused-ring (bicyclic) bond motifs is 1. The summed E-state index contributed by atoms with van der Waals surface area (Å²) in [6, 6.07) is 6.42. The molecule has 0 aromatic carbocycles. The van der Waals surface area contributed by atoms with Crippen molar-refractivity contribution in [3.63, 3.8) is 0 Å². The number of aromatic nitrogens is 2. The third kappa shape index (κ3) is 5.85. The van der Waals surface area contributed by atoms with Crippen molar-refractivity contribution in [2.24, 2.45) is 4.99 Å². The summed E-state index contributed by atoms with van der Waals surface area (Å²) in [7, 11) is 0. The molecule has 1 aliphatic rings. The van der Waals surface area contributed by atoms with Crippen LogP contribution in [0, 0.1) is 0 Å². The molecule has 2 aromatic rings. The fraction of sp³-hybridized carbons (Fsp3) is 0.556. The SMILES string of the molecule is CCNC(=NCCc1cn2ccccc2n1)NC1CCC(O)CC1.I. The molecule has 6 nitrogen and oxygen atoms in total. The number of guanidine groups is 1. The van der Waals surface area contributed by atoms with Gasteiger partial charge in [0.1, 0.15) is 5.65 Å². The number of rotatable bonds is 5. The molecular weight excluding hydrogens is 429 g/mol. The number of hydrogen-bond donors (Lipinski definition) is 3. The van der Waals surface area contributed by atoms with Gasteiger partial charge in [0.25, 0.3) is 0 Å². The Kier molecular flexibility index (Phi) is 7.95. The molecule has 3 N–H and O–H groups in total. The standard InChI is InChI=1S/C18H27N5O.HI/c1-2-19-18(22-14-6-8-16(24)9-7-14)20-11-10-15-13-23-12-4-3-5-17(23)21-15;/h3-5,12-14,16,24H,2,6-11H2,1H3,(H2,19,20,22);1H. The molecule has 2 heterocycles.